The minimum absolute atomic E-state index is 0.0520. The van der Waals surface area contributed by atoms with Crippen LogP contribution in [0.15, 0.2) is 23.7 Å². The van der Waals surface area contributed by atoms with Gasteiger partial charge in [0, 0.05) is 12.6 Å². The molecule has 2 aromatic rings. The molecule has 132 valence electrons. The van der Waals surface area contributed by atoms with Gasteiger partial charge in [0.05, 0.1) is 21.3 Å². The van der Waals surface area contributed by atoms with Crippen LogP contribution in [-0.4, -0.2) is 41.0 Å². The molecule has 1 saturated heterocycles. The van der Waals surface area contributed by atoms with E-state index in [1.807, 2.05) is 11.0 Å². The van der Waals surface area contributed by atoms with E-state index in [1.165, 1.54) is 37.0 Å². The molecule has 2 aliphatic rings. The zero-order valence-corrected chi connectivity index (χ0v) is 15.0. The summed E-state index contributed by atoms with van der Waals surface area (Å²) in [5.74, 6) is 0.139. The molecule has 1 amide bonds. The van der Waals surface area contributed by atoms with Gasteiger partial charge in [0.15, 0.2) is 6.61 Å². The highest BCUT2D eigenvalue weighted by Gasteiger charge is 2.35. The fourth-order valence-corrected chi connectivity index (χ4v) is 4.93. The van der Waals surface area contributed by atoms with Crippen LogP contribution in [0.3, 0.4) is 0 Å². The molecule has 5 nitrogen and oxygen atoms in total. The minimum Gasteiger partial charge on any atom is -0.452 e. The third kappa shape index (κ3) is 3.40. The first-order chi connectivity index (χ1) is 12.2. The van der Waals surface area contributed by atoms with Gasteiger partial charge in [0.2, 0.25) is 0 Å². The lowest BCUT2D eigenvalue weighted by Crippen LogP contribution is -2.50. The van der Waals surface area contributed by atoms with Gasteiger partial charge in [-0.3, -0.25) is 4.79 Å². The molecule has 0 unspecified atom stereocenters. The maximum absolute atomic E-state index is 12.6. The second-order valence-electron chi connectivity index (χ2n) is 6.95. The van der Waals surface area contributed by atoms with Crippen molar-refractivity contribution < 1.29 is 14.3 Å². The maximum atomic E-state index is 12.6. The SMILES string of the molecule is O=C(OCC(=O)N1CCC[C@H]2CCCC[C@H]21)c1ccc2ncsc2c1. The molecule has 1 aliphatic heterocycles. The second-order valence-corrected chi connectivity index (χ2v) is 7.84. The van der Waals surface area contributed by atoms with Crippen LogP contribution in [0.2, 0.25) is 0 Å². The van der Waals surface area contributed by atoms with Crippen LogP contribution in [0.25, 0.3) is 10.2 Å². The minimum atomic E-state index is -0.444. The van der Waals surface area contributed by atoms with Crippen molar-refractivity contribution in [2.75, 3.05) is 13.2 Å². The van der Waals surface area contributed by atoms with Crippen LogP contribution in [0.4, 0.5) is 0 Å². The van der Waals surface area contributed by atoms with Gasteiger partial charge in [-0.1, -0.05) is 12.8 Å². The highest BCUT2D eigenvalue weighted by atomic mass is 32.1. The number of benzene rings is 1. The molecular formula is C19H22N2O3S. The van der Waals surface area contributed by atoms with E-state index in [0.29, 0.717) is 17.5 Å². The highest BCUT2D eigenvalue weighted by molar-refractivity contribution is 7.16. The molecule has 4 rings (SSSR count). The standard InChI is InChI=1S/C19H22N2O3S/c22-18(21-9-3-5-13-4-1-2-6-16(13)21)11-24-19(23)14-7-8-15-17(10-14)25-12-20-15/h7-8,10,12-13,16H,1-6,9,11H2/t13-,16-/m1/s1. The maximum Gasteiger partial charge on any atom is 0.338 e. The van der Waals surface area contributed by atoms with Crippen molar-refractivity contribution in [3.63, 3.8) is 0 Å². The number of hydrogen-bond acceptors (Lipinski definition) is 5. The number of piperidine rings is 1. The topological polar surface area (TPSA) is 59.5 Å². The molecule has 2 atom stereocenters. The summed E-state index contributed by atoms with van der Waals surface area (Å²) in [6.07, 6.45) is 7.07. The van der Waals surface area contributed by atoms with Gasteiger partial charge in [0.1, 0.15) is 0 Å². The van der Waals surface area contributed by atoms with Crippen LogP contribution in [-0.2, 0) is 9.53 Å². The zero-order chi connectivity index (χ0) is 17.2. The first-order valence-electron chi connectivity index (χ1n) is 9.02. The molecule has 1 saturated carbocycles. The van der Waals surface area contributed by atoms with E-state index in [4.69, 9.17) is 4.74 Å². The van der Waals surface area contributed by atoms with Crippen LogP contribution >= 0.6 is 11.3 Å². The smallest absolute Gasteiger partial charge is 0.338 e. The number of likely N-dealkylation sites (tertiary alicyclic amines) is 1. The van der Waals surface area contributed by atoms with Gasteiger partial charge in [0.25, 0.3) is 5.91 Å². The third-order valence-electron chi connectivity index (χ3n) is 5.46. The summed E-state index contributed by atoms with van der Waals surface area (Å²) < 4.78 is 6.25. The van der Waals surface area contributed by atoms with E-state index in [-0.39, 0.29) is 12.5 Å². The number of aromatic nitrogens is 1. The highest BCUT2D eigenvalue weighted by Crippen LogP contribution is 2.35. The molecule has 1 aliphatic carbocycles. The molecule has 1 aromatic heterocycles. The van der Waals surface area contributed by atoms with E-state index in [0.717, 1.165) is 29.6 Å². The summed E-state index contributed by atoms with van der Waals surface area (Å²) in [4.78, 5) is 31.0. The average Bonchev–Trinajstić information content (AvgIpc) is 3.13. The number of nitrogens with zero attached hydrogens (tertiary/aromatic N) is 2. The van der Waals surface area contributed by atoms with Crippen LogP contribution in [0.1, 0.15) is 48.9 Å². The normalized spacial score (nSPS) is 23.3. The second kappa shape index (κ2) is 7.12. The lowest BCUT2D eigenvalue weighted by molar-refractivity contribution is -0.140. The van der Waals surface area contributed by atoms with Crippen molar-refractivity contribution in [3.05, 3.63) is 29.3 Å². The van der Waals surface area contributed by atoms with Crippen molar-refractivity contribution in [2.24, 2.45) is 5.92 Å². The molecule has 0 bridgehead atoms. The van der Waals surface area contributed by atoms with Crippen molar-refractivity contribution >= 4 is 33.4 Å². The Morgan fingerprint density at radius 1 is 1.20 bits per heavy atom. The van der Waals surface area contributed by atoms with E-state index >= 15 is 0 Å². The Labute approximate surface area is 151 Å². The third-order valence-corrected chi connectivity index (χ3v) is 6.25. The Morgan fingerprint density at radius 3 is 2.96 bits per heavy atom. The van der Waals surface area contributed by atoms with E-state index in [9.17, 15) is 9.59 Å². The Balaban J connectivity index is 1.38. The van der Waals surface area contributed by atoms with Crippen molar-refractivity contribution in [1.29, 1.82) is 0 Å². The van der Waals surface area contributed by atoms with Gasteiger partial charge in [-0.25, -0.2) is 9.78 Å². The van der Waals surface area contributed by atoms with Crippen LogP contribution < -0.4 is 0 Å². The number of thiazole rings is 1. The lowest BCUT2D eigenvalue weighted by Gasteiger charge is -2.44. The molecule has 0 spiro atoms. The number of hydrogen-bond donors (Lipinski definition) is 0. The van der Waals surface area contributed by atoms with Gasteiger partial charge in [-0.2, -0.15) is 0 Å². The number of ether oxygens (including phenoxy) is 1. The van der Waals surface area contributed by atoms with Gasteiger partial charge >= 0.3 is 5.97 Å². The largest absolute Gasteiger partial charge is 0.452 e. The molecule has 1 aromatic carbocycles. The predicted molar refractivity (Wildman–Crippen MR) is 96.6 cm³/mol. The Bertz CT molecular complexity index is 786. The molecule has 0 N–H and O–H groups in total. The first kappa shape index (κ1) is 16.5. The predicted octanol–water partition coefficient (Wildman–Crippen LogP) is 3.63. The quantitative estimate of drug-likeness (QED) is 0.786. The van der Waals surface area contributed by atoms with Crippen molar-refractivity contribution in [3.8, 4) is 0 Å². The summed E-state index contributed by atoms with van der Waals surface area (Å²) >= 11 is 1.48. The fourth-order valence-electron chi connectivity index (χ4n) is 4.21. The molecule has 6 heteroatoms. The first-order valence-corrected chi connectivity index (χ1v) is 9.90. The van der Waals surface area contributed by atoms with Gasteiger partial charge in [-0.05, 0) is 49.8 Å². The molecule has 25 heavy (non-hydrogen) atoms. The lowest BCUT2D eigenvalue weighted by atomic mass is 9.78. The number of fused-ring (bicyclic) bond motifs is 2. The number of carbonyl (C=O) groups is 2. The zero-order valence-electron chi connectivity index (χ0n) is 14.1. The van der Waals surface area contributed by atoms with E-state index in [2.05, 4.69) is 4.98 Å². The van der Waals surface area contributed by atoms with Crippen molar-refractivity contribution in [1.82, 2.24) is 9.88 Å². The van der Waals surface area contributed by atoms with Gasteiger partial charge < -0.3 is 9.64 Å². The Hall–Kier alpha value is -1.95. The average molecular weight is 358 g/mol. The summed E-state index contributed by atoms with van der Waals surface area (Å²) in [6, 6.07) is 5.63. The molecule has 2 heterocycles. The summed E-state index contributed by atoms with van der Waals surface area (Å²) in [5, 5.41) is 0. The summed E-state index contributed by atoms with van der Waals surface area (Å²) in [5.41, 5.74) is 3.09. The van der Waals surface area contributed by atoms with E-state index < -0.39 is 5.97 Å². The van der Waals surface area contributed by atoms with Gasteiger partial charge in [-0.15, -0.1) is 11.3 Å². The summed E-state index contributed by atoms with van der Waals surface area (Å²) in [7, 11) is 0. The van der Waals surface area contributed by atoms with Crippen molar-refractivity contribution in [2.45, 2.75) is 44.6 Å². The fraction of sp³-hybridized carbons (Fsp3) is 0.526. The molecular weight excluding hydrogens is 336 g/mol. The number of carbonyl (C=O) groups excluding carboxylic acids is 2. The Kier molecular flexibility index (Phi) is 4.70. The Morgan fingerprint density at radius 2 is 2.04 bits per heavy atom. The summed E-state index contributed by atoms with van der Waals surface area (Å²) in [6.45, 7) is 0.632. The van der Waals surface area contributed by atoms with Crippen LogP contribution in [0.5, 0.6) is 0 Å². The number of amides is 1. The van der Waals surface area contributed by atoms with E-state index in [1.54, 1.807) is 17.6 Å². The van der Waals surface area contributed by atoms with Crippen LogP contribution in [0, 0.1) is 5.92 Å². The number of rotatable bonds is 3. The molecule has 0 radical (unpaired) electrons. The molecule has 2 fully saturated rings. The monoisotopic (exact) mass is 358 g/mol. The number of esters is 1.